The van der Waals surface area contributed by atoms with Crippen LogP contribution in [0, 0.1) is 13.8 Å². The van der Waals surface area contributed by atoms with Crippen LogP contribution >= 0.6 is 24.8 Å². The summed E-state index contributed by atoms with van der Waals surface area (Å²) < 4.78 is 9.48. The highest BCUT2D eigenvalue weighted by Gasteiger charge is 2.06. The number of nitrogens with zero attached hydrogens (tertiary/aromatic N) is 4. The molecular weight excluding hydrogens is 307 g/mol. The van der Waals surface area contributed by atoms with Crippen LogP contribution in [0.25, 0.3) is 0 Å². The van der Waals surface area contributed by atoms with Gasteiger partial charge >= 0.3 is 0 Å². The summed E-state index contributed by atoms with van der Waals surface area (Å²) in [4.78, 5) is 7.81. The number of halogens is 2. The van der Waals surface area contributed by atoms with Crippen LogP contribution in [0.2, 0.25) is 0 Å². The standard InChI is InChI=1S/2C5H9N3O.2ClH/c2*1-3(6)5-7-4(2)8-9-5;;/h2*3H,6H2,1-2H3;2*1H. The average Bonchev–Trinajstić information content (AvgIpc) is 2.88. The van der Waals surface area contributed by atoms with Crippen LogP contribution in [0.4, 0.5) is 0 Å². The zero-order valence-corrected chi connectivity index (χ0v) is 13.4. The Labute approximate surface area is 129 Å². The predicted octanol–water partition coefficient (Wildman–Crippen LogP) is 1.64. The van der Waals surface area contributed by atoms with Crippen molar-refractivity contribution in [3.63, 3.8) is 0 Å². The molecular formula is C10H20Cl2N6O2. The van der Waals surface area contributed by atoms with Crippen LogP contribution < -0.4 is 11.5 Å². The molecule has 0 fully saturated rings. The van der Waals surface area contributed by atoms with E-state index >= 15 is 0 Å². The molecule has 4 N–H and O–H groups in total. The Kier molecular flexibility index (Phi) is 10.2. The molecule has 2 heterocycles. The Morgan fingerprint density at radius 3 is 1.20 bits per heavy atom. The molecule has 2 atom stereocenters. The van der Waals surface area contributed by atoms with Gasteiger partial charge in [-0.05, 0) is 27.7 Å². The summed E-state index contributed by atoms with van der Waals surface area (Å²) in [6, 6.07) is -0.322. The number of rotatable bonds is 2. The molecule has 10 heteroatoms. The molecule has 0 aliphatic heterocycles. The van der Waals surface area contributed by atoms with Crippen LogP contribution in [-0.2, 0) is 0 Å². The van der Waals surface area contributed by atoms with Crippen molar-refractivity contribution < 1.29 is 9.05 Å². The molecule has 0 radical (unpaired) electrons. The van der Waals surface area contributed by atoms with Crippen molar-refractivity contribution in [1.82, 2.24) is 20.3 Å². The normalized spacial score (nSPS) is 12.3. The Balaban J connectivity index is 0. The van der Waals surface area contributed by atoms with Crippen LogP contribution in [0.15, 0.2) is 9.05 Å². The van der Waals surface area contributed by atoms with Gasteiger partial charge < -0.3 is 20.5 Å². The number of hydrogen-bond acceptors (Lipinski definition) is 8. The summed E-state index contributed by atoms with van der Waals surface area (Å²) >= 11 is 0. The van der Waals surface area contributed by atoms with Gasteiger partial charge in [-0.25, -0.2) is 0 Å². The highest BCUT2D eigenvalue weighted by molar-refractivity contribution is 5.85. The third-order valence-corrected chi connectivity index (χ3v) is 1.87. The minimum Gasteiger partial charge on any atom is -0.338 e. The second kappa shape index (κ2) is 9.65. The molecule has 0 saturated heterocycles. The minimum atomic E-state index is -0.161. The third kappa shape index (κ3) is 6.80. The lowest BCUT2D eigenvalue weighted by atomic mass is 10.4. The SMILES string of the molecule is Cc1noc(C(C)N)n1.Cc1noc(C(C)N)n1.Cl.Cl. The highest BCUT2D eigenvalue weighted by Crippen LogP contribution is 2.04. The van der Waals surface area contributed by atoms with Crippen molar-refractivity contribution in [2.45, 2.75) is 39.8 Å². The van der Waals surface area contributed by atoms with Crippen molar-refractivity contribution in [3.05, 3.63) is 23.4 Å². The van der Waals surface area contributed by atoms with Gasteiger partial charge in [0.05, 0.1) is 12.1 Å². The molecule has 116 valence electrons. The zero-order valence-electron chi connectivity index (χ0n) is 11.7. The second-order valence-corrected chi connectivity index (χ2v) is 3.94. The molecule has 0 bridgehead atoms. The Morgan fingerprint density at radius 2 is 1.10 bits per heavy atom. The molecule has 20 heavy (non-hydrogen) atoms. The molecule has 2 aromatic heterocycles. The minimum absolute atomic E-state index is 0. The van der Waals surface area contributed by atoms with Gasteiger partial charge in [-0.15, -0.1) is 24.8 Å². The molecule has 2 unspecified atom stereocenters. The largest absolute Gasteiger partial charge is 0.338 e. The summed E-state index contributed by atoms with van der Waals surface area (Å²) in [6.45, 7) is 7.12. The van der Waals surface area contributed by atoms with Crippen LogP contribution in [0.1, 0.15) is 49.4 Å². The van der Waals surface area contributed by atoms with E-state index in [0.29, 0.717) is 23.4 Å². The van der Waals surface area contributed by atoms with Crippen molar-refractivity contribution in [2.24, 2.45) is 11.5 Å². The molecule has 0 amide bonds. The molecule has 0 spiro atoms. The highest BCUT2D eigenvalue weighted by atomic mass is 35.5. The van der Waals surface area contributed by atoms with E-state index in [-0.39, 0.29) is 36.9 Å². The van der Waals surface area contributed by atoms with Crippen LogP contribution in [-0.4, -0.2) is 20.3 Å². The van der Waals surface area contributed by atoms with Gasteiger partial charge in [-0.2, -0.15) is 9.97 Å². The number of nitrogens with two attached hydrogens (primary N) is 2. The van der Waals surface area contributed by atoms with E-state index in [9.17, 15) is 0 Å². The first-order valence-electron chi connectivity index (χ1n) is 5.51. The van der Waals surface area contributed by atoms with Gasteiger partial charge in [0.1, 0.15) is 0 Å². The Bertz CT molecular complexity index is 441. The van der Waals surface area contributed by atoms with E-state index < -0.39 is 0 Å². The summed E-state index contributed by atoms with van der Waals surface area (Å²) in [5.41, 5.74) is 10.9. The fraction of sp³-hybridized carbons (Fsp3) is 0.600. The van der Waals surface area contributed by atoms with Crippen molar-refractivity contribution in [3.8, 4) is 0 Å². The first-order chi connectivity index (χ1) is 8.40. The van der Waals surface area contributed by atoms with Crippen molar-refractivity contribution in [2.75, 3.05) is 0 Å². The van der Waals surface area contributed by atoms with Crippen molar-refractivity contribution in [1.29, 1.82) is 0 Å². The van der Waals surface area contributed by atoms with Gasteiger partial charge in [0.2, 0.25) is 11.8 Å². The summed E-state index contributed by atoms with van der Waals surface area (Å²) in [6.07, 6.45) is 0. The van der Waals surface area contributed by atoms with Crippen LogP contribution in [0.5, 0.6) is 0 Å². The fourth-order valence-corrected chi connectivity index (χ4v) is 0.996. The maximum Gasteiger partial charge on any atom is 0.243 e. The average molecular weight is 327 g/mol. The lowest BCUT2D eigenvalue weighted by Crippen LogP contribution is -2.04. The van der Waals surface area contributed by atoms with Crippen LogP contribution in [0.3, 0.4) is 0 Å². The Hall–Kier alpha value is -1.22. The molecule has 2 rings (SSSR count). The summed E-state index contributed by atoms with van der Waals surface area (Å²) in [5.74, 6) is 2.24. The monoisotopic (exact) mass is 326 g/mol. The molecule has 0 aliphatic carbocycles. The van der Waals surface area contributed by atoms with Gasteiger partial charge in [0, 0.05) is 0 Å². The number of aromatic nitrogens is 4. The summed E-state index contributed by atoms with van der Waals surface area (Å²) in [5, 5.41) is 7.14. The van der Waals surface area contributed by atoms with Gasteiger partial charge in [-0.3, -0.25) is 0 Å². The quantitative estimate of drug-likeness (QED) is 0.851. The lowest BCUT2D eigenvalue weighted by molar-refractivity contribution is 0.358. The number of aryl methyl sites for hydroxylation is 2. The van der Waals surface area contributed by atoms with E-state index in [2.05, 4.69) is 20.3 Å². The first kappa shape index (κ1) is 21.1. The second-order valence-electron chi connectivity index (χ2n) is 3.94. The number of hydrogen-bond donors (Lipinski definition) is 2. The molecule has 2 aromatic rings. The molecule has 0 aliphatic rings. The molecule has 0 aromatic carbocycles. The topological polar surface area (TPSA) is 130 Å². The maximum absolute atomic E-state index is 5.43. The molecule has 8 nitrogen and oxygen atoms in total. The van der Waals surface area contributed by atoms with Crippen molar-refractivity contribution >= 4 is 24.8 Å². The Morgan fingerprint density at radius 1 is 0.800 bits per heavy atom. The van der Waals surface area contributed by atoms with E-state index in [1.54, 1.807) is 27.7 Å². The van der Waals surface area contributed by atoms with E-state index in [4.69, 9.17) is 20.5 Å². The fourth-order valence-electron chi connectivity index (χ4n) is 0.996. The zero-order chi connectivity index (χ0) is 13.7. The van der Waals surface area contributed by atoms with Gasteiger partial charge in [0.15, 0.2) is 11.6 Å². The molecule has 0 saturated carbocycles. The third-order valence-electron chi connectivity index (χ3n) is 1.87. The summed E-state index contributed by atoms with van der Waals surface area (Å²) in [7, 11) is 0. The smallest absolute Gasteiger partial charge is 0.243 e. The van der Waals surface area contributed by atoms with E-state index in [1.165, 1.54) is 0 Å². The first-order valence-corrected chi connectivity index (χ1v) is 5.51. The van der Waals surface area contributed by atoms with Gasteiger partial charge in [-0.1, -0.05) is 10.3 Å². The maximum atomic E-state index is 5.43. The van der Waals surface area contributed by atoms with E-state index in [0.717, 1.165) is 0 Å². The van der Waals surface area contributed by atoms with Gasteiger partial charge in [0.25, 0.3) is 0 Å². The predicted molar refractivity (Wildman–Crippen MR) is 77.8 cm³/mol. The van der Waals surface area contributed by atoms with E-state index in [1.807, 2.05) is 0 Å². The lowest BCUT2D eigenvalue weighted by Gasteiger charge is -1.91.